The lowest BCUT2D eigenvalue weighted by Gasteiger charge is -2.21. The van der Waals surface area contributed by atoms with E-state index in [4.69, 9.17) is 15.2 Å². The molecule has 4 nitrogen and oxygen atoms in total. The van der Waals surface area contributed by atoms with Gasteiger partial charge in [0.15, 0.2) is 0 Å². The lowest BCUT2D eigenvalue weighted by Crippen LogP contribution is -2.40. The van der Waals surface area contributed by atoms with E-state index in [0.717, 1.165) is 38.7 Å². The van der Waals surface area contributed by atoms with Gasteiger partial charge >= 0.3 is 0 Å². The number of rotatable bonds is 9. The third-order valence-corrected chi connectivity index (χ3v) is 4.60. The molecule has 0 aromatic heterocycles. The van der Waals surface area contributed by atoms with Gasteiger partial charge in [-0.2, -0.15) is 0 Å². The average molecular weight is 307 g/mol. The third kappa shape index (κ3) is 5.06. The molecule has 0 unspecified atom stereocenters. The number of benzene rings is 1. The number of ether oxygens (including phenoxy) is 2. The van der Waals surface area contributed by atoms with Gasteiger partial charge in [-0.15, -0.1) is 0 Å². The molecule has 0 saturated heterocycles. The molecule has 1 saturated carbocycles. The van der Waals surface area contributed by atoms with Crippen LogP contribution in [0.15, 0.2) is 24.3 Å². The predicted molar refractivity (Wildman–Crippen MR) is 88.1 cm³/mol. The molecule has 1 fully saturated rings. The topological polar surface area (TPSA) is 64.7 Å². The van der Waals surface area contributed by atoms with Crippen LogP contribution in [-0.2, 0) is 15.9 Å². The fourth-order valence-electron chi connectivity index (χ4n) is 3.16. The first-order valence-corrected chi connectivity index (χ1v) is 8.22. The normalized spacial score (nSPS) is 24.8. The molecule has 4 heteroatoms. The minimum Gasteiger partial charge on any atom is -0.394 e. The highest BCUT2D eigenvalue weighted by Gasteiger charge is 2.35. The largest absolute Gasteiger partial charge is 0.394 e. The van der Waals surface area contributed by atoms with E-state index in [9.17, 15) is 5.11 Å². The average Bonchev–Trinajstić information content (AvgIpc) is 2.94. The Labute approximate surface area is 133 Å². The molecular formula is C18H29NO3. The summed E-state index contributed by atoms with van der Waals surface area (Å²) < 4.78 is 10.4. The Balaban J connectivity index is 1.74. The number of aliphatic hydroxyl groups excluding tert-OH is 1. The number of aliphatic hydroxyl groups is 1. The van der Waals surface area contributed by atoms with Crippen LogP contribution in [0.3, 0.4) is 0 Å². The standard InChI is InChI=1S/C18H29NO3/c1-21-11-12-22-10-2-3-15-4-6-16(7-5-15)17-8-9-18(19,13-17)14-20/h4-7,17,20H,2-3,8-14,19H2,1H3/t17-,18+/m1/s1. The molecule has 0 bridgehead atoms. The highest BCUT2D eigenvalue weighted by Crippen LogP contribution is 2.39. The van der Waals surface area contributed by atoms with Crippen LogP contribution in [0.2, 0.25) is 0 Å². The van der Waals surface area contributed by atoms with E-state index in [-0.39, 0.29) is 12.1 Å². The first-order chi connectivity index (χ1) is 10.7. The van der Waals surface area contributed by atoms with Crippen molar-refractivity contribution in [2.75, 3.05) is 33.5 Å². The van der Waals surface area contributed by atoms with Gasteiger partial charge in [0.05, 0.1) is 19.8 Å². The second-order valence-corrected chi connectivity index (χ2v) is 6.41. The summed E-state index contributed by atoms with van der Waals surface area (Å²) in [6.45, 7) is 2.19. The van der Waals surface area contributed by atoms with E-state index >= 15 is 0 Å². The molecular weight excluding hydrogens is 278 g/mol. The smallest absolute Gasteiger partial charge is 0.0700 e. The Kier molecular flexibility index (Phi) is 6.83. The minimum atomic E-state index is -0.372. The van der Waals surface area contributed by atoms with E-state index in [0.29, 0.717) is 19.1 Å². The molecule has 0 heterocycles. The molecule has 3 N–H and O–H groups in total. The zero-order valence-electron chi connectivity index (χ0n) is 13.6. The van der Waals surface area contributed by atoms with Crippen LogP contribution in [0.1, 0.15) is 42.7 Å². The third-order valence-electron chi connectivity index (χ3n) is 4.60. The maximum atomic E-state index is 9.36. The summed E-state index contributed by atoms with van der Waals surface area (Å²) in [7, 11) is 1.69. The highest BCUT2D eigenvalue weighted by atomic mass is 16.5. The van der Waals surface area contributed by atoms with E-state index in [1.165, 1.54) is 11.1 Å². The first-order valence-electron chi connectivity index (χ1n) is 8.22. The molecule has 2 atom stereocenters. The van der Waals surface area contributed by atoms with Gasteiger partial charge < -0.3 is 20.3 Å². The number of methoxy groups -OCH3 is 1. The SMILES string of the molecule is COCCOCCCc1ccc([C@@H]2CC[C@@](N)(CO)C2)cc1. The van der Waals surface area contributed by atoms with Crippen LogP contribution in [0, 0.1) is 0 Å². The molecule has 0 radical (unpaired) electrons. The van der Waals surface area contributed by atoms with Crippen LogP contribution in [0.4, 0.5) is 0 Å². The van der Waals surface area contributed by atoms with Gasteiger partial charge in [0.2, 0.25) is 0 Å². The first kappa shape index (κ1) is 17.4. The second-order valence-electron chi connectivity index (χ2n) is 6.41. The van der Waals surface area contributed by atoms with Crippen molar-refractivity contribution in [1.82, 2.24) is 0 Å². The molecule has 22 heavy (non-hydrogen) atoms. The predicted octanol–water partition coefficient (Wildman–Crippen LogP) is 2.24. The Morgan fingerprint density at radius 1 is 1.23 bits per heavy atom. The second kappa shape index (κ2) is 8.63. The number of hydrogen-bond donors (Lipinski definition) is 2. The number of hydrogen-bond acceptors (Lipinski definition) is 4. The molecule has 1 aromatic carbocycles. The Morgan fingerprint density at radius 2 is 2.00 bits per heavy atom. The monoisotopic (exact) mass is 307 g/mol. The van der Waals surface area contributed by atoms with Crippen molar-refractivity contribution < 1.29 is 14.6 Å². The maximum Gasteiger partial charge on any atom is 0.0700 e. The van der Waals surface area contributed by atoms with Gasteiger partial charge in [-0.3, -0.25) is 0 Å². The zero-order valence-corrected chi connectivity index (χ0v) is 13.6. The summed E-state index contributed by atoms with van der Waals surface area (Å²) in [6, 6.07) is 8.85. The van der Waals surface area contributed by atoms with Gasteiger partial charge in [-0.1, -0.05) is 24.3 Å². The van der Waals surface area contributed by atoms with Crippen LogP contribution >= 0.6 is 0 Å². The highest BCUT2D eigenvalue weighted by molar-refractivity contribution is 5.27. The van der Waals surface area contributed by atoms with Crippen molar-refractivity contribution in [3.63, 3.8) is 0 Å². The quantitative estimate of drug-likeness (QED) is 0.687. The van der Waals surface area contributed by atoms with E-state index in [1.54, 1.807) is 7.11 Å². The lowest BCUT2D eigenvalue weighted by molar-refractivity contribution is 0.0695. The van der Waals surface area contributed by atoms with Crippen LogP contribution in [0.5, 0.6) is 0 Å². The summed E-state index contributed by atoms with van der Waals surface area (Å²) in [4.78, 5) is 0. The summed E-state index contributed by atoms with van der Waals surface area (Å²) in [5.41, 5.74) is 8.48. The van der Waals surface area contributed by atoms with Crippen molar-refractivity contribution in [2.24, 2.45) is 5.73 Å². The van der Waals surface area contributed by atoms with Crippen LogP contribution < -0.4 is 5.73 Å². The molecule has 0 amide bonds. The van der Waals surface area contributed by atoms with Gasteiger partial charge in [0, 0.05) is 19.3 Å². The maximum absolute atomic E-state index is 9.36. The van der Waals surface area contributed by atoms with Gasteiger partial charge in [-0.05, 0) is 49.1 Å². The lowest BCUT2D eigenvalue weighted by atomic mass is 9.93. The van der Waals surface area contributed by atoms with E-state index < -0.39 is 0 Å². The van der Waals surface area contributed by atoms with Gasteiger partial charge in [-0.25, -0.2) is 0 Å². The number of nitrogens with two attached hydrogens (primary N) is 1. The Hall–Kier alpha value is -0.940. The minimum absolute atomic E-state index is 0.0880. The molecule has 124 valence electrons. The Morgan fingerprint density at radius 3 is 2.64 bits per heavy atom. The molecule has 2 rings (SSSR count). The Bertz CT molecular complexity index is 434. The number of aryl methyl sites for hydroxylation is 1. The summed E-state index contributed by atoms with van der Waals surface area (Å²) >= 11 is 0. The van der Waals surface area contributed by atoms with Gasteiger partial charge in [0.1, 0.15) is 0 Å². The summed E-state index contributed by atoms with van der Waals surface area (Å²) in [5.74, 6) is 0.489. The van der Waals surface area contributed by atoms with E-state index in [1.807, 2.05) is 0 Å². The molecule has 1 aliphatic carbocycles. The van der Waals surface area contributed by atoms with Crippen molar-refractivity contribution in [1.29, 1.82) is 0 Å². The van der Waals surface area contributed by atoms with Gasteiger partial charge in [0.25, 0.3) is 0 Å². The van der Waals surface area contributed by atoms with E-state index in [2.05, 4.69) is 24.3 Å². The summed E-state index contributed by atoms with van der Waals surface area (Å²) in [5, 5.41) is 9.36. The van der Waals surface area contributed by atoms with Crippen molar-refractivity contribution in [3.8, 4) is 0 Å². The zero-order chi connectivity index (χ0) is 15.8. The van der Waals surface area contributed by atoms with Crippen LogP contribution in [-0.4, -0.2) is 44.2 Å². The molecule has 1 aromatic rings. The fraction of sp³-hybridized carbons (Fsp3) is 0.667. The molecule has 0 aliphatic heterocycles. The van der Waals surface area contributed by atoms with Crippen molar-refractivity contribution >= 4 is 0 Å². The van der Waals surface area contributed by atoms with Crippen molar-refractivity contribution in [2.45, 2.75) is 43.6 Å². The fourth-order valence-corrected chi connectivity index (χ4v) is 3.16. The van der Waals surface area contributed by atoms with Crippen LogP contribution in [0.25, 0.3) is 0 Å². The molecule has 1 aliphatic rings. The molecule has 0 spiro atoms. The summed E-state index contributed by atoms with van der Waals surface area (Å²) in [6.07, 6.45) is 4.94. The van der Waals surface area contributed by atoms with Crippen molar-refractivity contribution in [3.05, 3.63) is 35.4 Å².